The lowest BCUT2D eigenvalue weighted by Gasteiger charge is -2.14. The van der Waals surface area contributed by atoms with Gasteiger partial charge in [-0.1, -0.05) is 38.1 Å². The van der Waals surface area contributed by atoms with E-state index in [1.807, 2.05) is 0 Å². The Bertz CT molecular complexity index is 447. The smallest absolute Gasteiger partial charge is 0.220 e. The molecule has 0 spiro atoms. The Labute approximate surface area is 135 Å². The van der Waals surface area contributed by atoms with Crippen molar-refractivity contribution in [2.24, 2.45) is 0 Å². The van der Waals surface area contributed by atoms with Gasteiger partial charge in [0.1, 0.15) is 0 Å². The van der Waals surface area contributed by atoms with Gasteiger partial charge in [0.25, 0.3) is 0 Å². The van der Waals surface area contributed by atoms with Crippen LogP contribution in [0.25, 0.3) is 0 Å². The van der Waals surface area contributed by atoms with Crippen molar-refractivity contribution in [1.29, 1.82) is 0 Å². The second kappa shape index (κ2) is 8.94. The molecule has 1 aromatic rings. The highest BCUT2D eigenvalue weighted by atomic mass is 16.1. The molecule has 0 saturated carbocycles. The fraction of sp³-hybridized carbons (Fsp3) is 0.632. The number of hydrogen-bond donors (Lipinski definition) is 1. The molecule has 1 heterocycles. The predicted molar refractivity (Wildman–Crippen MR) is 92.2 cm³/mol. The molecular formula is C19H30N2O. The topological polar surface area (TPSA) is 32.3 Å². The van der Waals surface area contributed by atoms with Gasteiger partial charge in [0.05, 0.1) is 0 Å². The van der Waals surface area contributed by atoms with E-state index in [0.717, 1.165) is 25.9 Å². The van der Waals surface area contributed by atoms with Gasteiger partial charge in [0.15, 0.2) is 0 Å². The first-order chi connectivity index (χ1) is 10.6. The first kappa shape index (κ1) is 17.0. The van der Waals surface area contributed by atoms with Gasteiger partial charge >= 0.3 is 0 Å². The summed E-state index contributed by atoms with van der Waals surface area (Å²) < 4.78 is 0. The molecule has 0 atom stereocenters. The highest BCUT2D eigenvalue weighted by Gasteiger charge is 2.10. The van der Waals surface area contributed by atoms with Crippen LogP contribution in [-0.4, -0.2) is 37.0 Å². The van der Waals surface area contributed by atoms with Crippen LogP contribution in [0.5, 0.6) is 0 Å². The van der Waals surface area contributed by atoms with Gasteiger partial charge in [-0.25, -0.2) is 0 Å². The molecule has 1 aromatic carbocycles. The second-order valence-electron chi connectivity index (χ2n) is 6.65. The Morgan fingerprint density at radius 3 is 2.50 bits per heavy atom. The van der Waals surface area contributed by atoms with Gasteiger partial charge < -0.3 is 10.2 Å². The molecule has 3 nitrogen and oxygen atoms in total. The zero-order valence-corrected chi connectivity index (χ0v) is 14.1. The average Bonchev–Trinajstić information content (AvgIpc) is 3.03. The molecule has 3 heteroatoms. The Kier molecular flexibility index (Phi) is 6.91. The first-order valence-corrected chi connectivity index (χ1v) is 8.73. The van der Waals surface area contributed by atoms with E-state index in [-0.39, 0.29) is 5.91 Å². The molecule has 0 aliphatic carbocycles. The Morgan fingerprint density at radius 1 is 1.18 bits per heavy atom. The maximum absolute atomic E-state index is 11.9. The molecule has 1 fully saturated rings. The van der Waals surface area contributed by atoms with Crippen molar-refractivity contribution in [1.82, 2.24) is 10.2 Å². The number of carbonyl (C=O) groups excluding carboxylic acids is 1. The maximum Gasteiger partial charge on any atom is 0.220 e. The van der Waals surface area contributed by atoms with Crippen LogP contribution in [0.4, 0.5) is 0 Å². The fourth-order valence-corrected chi connectivity index (χ4v) is 2.95. The molecule has 122 valence electrons. The van der Waals surface area contributed by atoms with Crippen LogP contribution in [0.15, 0.2) is 24.3 Å². The molecule has 0 radical (unpaired) electrons. The van der Waals surface area contributed by atoms with E-state index in [2.05, 4.69) is 48.3 Å². The third-order valence-electron chi connectivity index (χ3n) is 4.46. The van der Waals surface area contributed by atoms with E-state index in [1.165, 1.54) is 37.1 Å². The number of carbonyl (C=O) groups is 1. The van der Waals surface area contributed by atoms with Crippen molar-refractivity contribution in [3.63, 3.8) is 0 Å². The first-order valence-electron chi connectivity index (χ1n) is 8.73. The number of rotatable bonds is 8. The summed E-state index contributed by atoms with van der Waals surface area (Å²) >= 11 is 0. The van der Waals surface area contributed by atoms with E-state index in [1.54, 1.807) is 0 Å². The van der Waals surface area contributed by atoms with Crippen molar-refractivity contribution >= 4 is 5.91 Å². The summed E-state index contributed by atoms with van der Waals surface area (Å²) in [5.41, 5.74) is 2.60. The van der Waals surface area contributed by atoms with Crippen LogP contribution in [0.3, 0.4) is 0 Å². The Morgan fingerprint density at radius 2 is 1.86 bits per heavy atom. The minimum absolute atomic E-state index is 0.175. The zero-order valence-electron chi connectivity index (χ0n) is 14.1. The lowest BCUT2D eigenvalue weighted by atomic mass is 10.0. The average molecular weight is 302 g/mol. The third kappa shape index (κ3) is 5.80. The molecule has 1 N–H and O–H groups in total. The molecule has 1 saturated heterocycles. The molecular weight excluding hydrogens is 272 g/mol. The molecule has 1 amide bonds. The molecule has 2 rings (SSSR count). The van der Waals surface area contributed by atoms with Crippen molar-refractivity contribution in [2.45, 2.75) is 51.9 Å². The summed E-state index contributed by atoms with van der Waals surface area (Å²) in [5, 5.41) is 3.04. The van der Waals surface area contributed by atoms with Gasteiger partial charge in [-0.3, -0.25) is 4.79 Å². The van der Waals surface area contributed by atoms with E-state index in [4.69, 9.17) is 0 Å². The van der Waals surface area contributed by atoms with Gasteiger partial charge in [-0.15, -0.1) is 0 Å². The summed E-state index contributed by atoms with van der Waals surface area (Å²) in [6, 6.07) is 8.65. The van der Waals surface area contributed by atoms with Crippen LogP contribution in [0.1, 0.15) is 56.6 Å². The fourth-order valence-electron chi connectivity index (χ4n) is 2.95. The zero-order chi connectivity index (χ0) is 15.8. The number of nitrogens with one attached hydrogen (secondary N) is 1. The van der Waals surface area contributed by atoms with E-state index in [9.17, 15) is 4.79 Å². The number of hydrogen-bond acceptors (Lipinski definition) is 2. The van der Waals surface area contributed by atoms with Crippen molar-refractivity contribution in [3.8, 4) is 0 Å². The summed E-state index contributed by atoms with van der Waals surface area (Å²) in [5.74, 6) is 0.738. The summed E-state index contributed by atoms with van der Waals surface area (Å²) in [7, 11) is 0. The lowest BCUT2D eigenvalue weighted by molar-refractivity contribution is -0.121. The van der Waals surface area contributed by atoms with E-state index < -0.39 is 0 Å². The molecule has 0 unspecified atom stereocenters. The standard InChI is InChI=1S/C19H30N2O/c1-16(2)18-9-6-17(7-10-18)8-11-19(22)20-12-5-15-21-13-3-4-14-21/h6-7,9-10,16H,3-5,8,11-15H2,1-2H3,(H,20,22). The Hall–Kier alpha value is -1.35. The van der Waals surface area contributed by atoms with Crippen LogP contribution in [-0.2, 0) is 11.2 Å². The Balaban J connectivity index is 1.58. The predicted octanol–water partition coefficient (Wildman–Crippen LogP) is 3.34. The highest BCUT2D eigenvalue weighted by Crippen LogP contribution is 2.15. The highest BCUT2D eigenvalue weighted by molar-refractivity contribution is 5.76. The molecule has 1 aliphatic heterocycles. The minimum atomic E-state index is 0.175. The summed E-state index contributed by atoms with van der Waals surface area (Å²) in [6.45, 7) is 8.80. The SMILES string of the molecule is CC(C)c1ccc(CCC(=O)NCCCN2CCCC2)cc1. The number of benzene rings is 1. The van der Waals surface area contributed by atoms with Crippen molar-refractivity contribution < 1.29 is 4.79 Å². The lowest BCUT2D eigenvalue weighted by Crippen LogP contribution is -2.28. The normalized spacial score (nSPS) is 15.4. The minimum Gasteiger partial charge on any atom is -0.356 e. The third-order valence-corrected chi connectivity index (χ3v) is 4.46. The second-order valence-corrected chi connectivity index (χ2v) is 6.65. The number of nitrogens with zero attached hydrogens (tertiary/aromatic N) is 1. The molecule has 0 aromatic heterocycles. The molecule has 0 bridgehead atoms. The number of aryl methyl sites for hydroxylation is 1. The number of likely N-dealkylation sites (tertiary alicyclic amines) is 1. The quantitative estimate of drug-likeness (QED) is 0.747. The van der Waals surface area contributed by atoms with E-state index >= 15 is 0 Å². The molecule has 22 heavy (non-hydrogen) atoms. The van der Waals surface area contributed by atoms with Crippen molar-refractivity contribution in [3.05, 3.63) is 35.4 Å². The summed E-state index contributed by atoms with van der Waals surface area (Å²) in [6.07, 6.45) is 5.15. The van der Waals surface area contributed by atoms with Crippen molar-refractivity contribution in [2.75, 3.05) is 26.2 Å². The maximum atomic E-state index is 11.9. The van der Waals surface area contributed by atoms with Gasteiger partial charge in [-0.2, -0.15) is 0 Å². The van der Waals surface area contributed by atoms with Gasteiger partial charge in [-0.05, 0) is 62.4 Å². The van der Waals surface area contributed by atoms with Crippen LogP contribution < -0.4 is 5.32 Å². The van der Waals surface area contributed by atoms with Crippen LogP contribution in [0, 0.1) is 0 Å². The number of amides is 1. The van der Waals surface area contributed by atoms with Crippen LogP contribution >= 0.6 is 0 Å². The largest absolute Gasteiger partial charge is 0.356 e. The van der Waals surface area contributed by atoms with Gasteiger partial charge in [0, 0.05) is 13.0 Å². The summed E-state index contributed by atoms with van der Waals surface area (Å²) in [4.78, 5) is 14.4. The van der Waals surface area contributed by atoms with E-state index in [0.29, 0.717) is 12.3 Å². The molecule has 1 aliphatic rings. The van der Waals surface area contributed by atoms with Crippen LogP contribution in [0.2, 0.25) is 0 Å². The monoisotopic (exact) mass is 302 g/mol. The van der Waals surface area contributed by atoms with Gasteiger partial charge in [0.2, 0.25) is 5.91 Å².